The van der Waals surface area contributed by atoms with Crippen LogP contribution in [0.5, 0.6) is 11.5 Å². The predicted octanol–water partition coefficient (Wildman–Crippen LogP) is 7.04. The van der Waals surface area contributed by atoms with Crippen molar-refractivity contribution in [1.29, 1.82) is 0 Å². The molecular weight excluding hydrogens is 515 g/mol. The lowest BCUT2D eigenvalue weighted by molar-refractivity contribution is 0.216. The highest BCUT2D eigenvalue weighted by molar-refractivity contribution is 6.69. The SMILES string of the molecule is CCCOc1cc(C=CC2=NN(C(Cl)(Cl)Cl)NC(C(Cl)(Cl)Cl)=C2)cc(OCCC)c1. The van der Waals surface area contributed by atoms with E-state index >= 15 is 0 Å². The molecule has 0 spiro atoms. The lowest BCUT2D eigenvalue weighted by atomic mass is 10.1. The van der Waals surface area contributed by atoms with Crippen molar-refractivity contribution in [2.75, 3.05) is 13.2 Å². The zero-order valence-corrected chi connectivity index (χ0v) is 20.8. The average Bonchev–Trinajstić information content (AvgIpc) is 2.67. The highest BCUT2D eigenvalue weighted by Gasteiger charge is 2.37. The second kappa shape index (κ2) is 11.3. The molecule has 1 aliphatic rings. The normalized spacial score (nSPS) is 15.0. The van der Waals surface area contributed by atoms with Crippen molar-refractivity contribution < 1.29 is 9.47 Å². The third-order valence-corrected chi connectivity index (χ3v) is 4.67. The van der Waals surface area contributed by atoms with Crippen LogP contribution < -0.4 is 14.9 Å². The number of hydrazone groups is 1. The molecule has 5 nitrogen and oxygen atoms in total. The van der Waals surface area contributed by atoms with Gasteiger partial charge in [-0.15, -0.1) is 0 Å². The molecule has 11 heteroatoms. The Bertz CT molecular complexity index is 789. The third kappa shape index (κ3) is 8.10. The minimum atomic E-state index is -1.90. The Balaban J connectivity index is 2.34. The van der Waals surface area contributed by atoms with Gasteiger partial charge < -0.3 is 9.47 Å². The lowest BCUT2D eigenvalue weighted by Crippen LogP contribution is -2.47. The van der Waals surface area contributed by atoms with E-state index in [1.54, 1.807) is 12.2 Å². The second-order valence-electron chi connectivity index (χ2n) is 6.24. The van der Waals surface area contributed by atoms with Gasteiger partial charge >= 0.3 is 3.92 Å². The van der Waals surface area contributed by atoms with Crippen LogP contribution in [0.1, 0.15) is 32.3 Å². The summed E-state index contributed by atoms with van der Waals surface area (Å²) in [6.07, 6.45) is 6.84. The number of alkyl halides is 6. The molecule has 30 heavy (non-hydrogen) atoms. The number of nitrogens with one attached hydrogen (secondary N) is 1. The van der Waals surface area contributed by atoms with E-state index in [0.717, 1.165) is 23.5 Å². The lowest BCUT2D eigenvalue weighted by Gasteiger charge is -2.33. The molecule has 0 unspecified atom stereocenters. The van der Waals surface area contributed by atoms with E-state index < -0.39 is 7.71 Å². The number of hydrogen-bond acceptors (Lipinski definition) is 5. The van der Waals surface area contributed by atoms with Gasteiger partial charge in [0.1, 0.15) is 11.5 Å². The maximum absolute atomic E-state index is 5.98. The predicted molar refractivity (Wildman–Crippen MR) is 128 cm³/mol. The summed E-state index contributed by atoms with van der Waals surface area (Å²) in [6.45, 7) is 5.29. The zero-order chi connectivity index (χ0) is 22.4. The third-order valence-electron chi connectivity index (χ3n) is 3.57. The van der Waals surface area contributed by atoms with Crippen molar-refractivity contribution in [2.45, 2.75) is 34.4 Å². The van der Waals surface area contributed by atoms with Crippen LogP contribution in [-0.4, -0.2) is 31.8 Å². The van der Waals surface area contributed by atoms with Gasteiger partial charge in [0, 0.05) is 6.07 Å². The second-order valence-corrected chi connectivity index (χ2v) is 10.7. The van der Waals surface area contributed by atoms with Crippen LogP contribution >= 0.6 is 69.6 Å². The number of halogens is 6. The fourth-order valence-electron chi connectivity index (χ4n) is 2.29. The Morgan fingerprint density at radius 2 is 1.50 bits per heavy atom. The fraction of sp³-hybridized carbons (Fsp3) is 0.421. The van der Waals surface area contributed by atoms with Crippen LogP contribution in [0.25, 0.3) is 6.08 Å². The van der Waals surface area contributed by atoms with Gasteiger partial charge in [-0.25, -0.2) is 0 Å². The maximum atomic E-state index is 5.98. The smallest absolute Gasteiger partial charge is 0.301 e. The summed E-state index contributed by atoms with van der Waals surface area (Å²) in [6, 6.07) is 5.63. The molecule has 0 amide bonds. The first-order chi connectivity index (χ1) is 14.0. The Kier molecular flexibility index (Phi) is 9.59. The molecule has 0 aromatic heterocycles. The molecule has 1 aromatic rings. The summed E-state index contributed by atoms with van der Waals surface area (Å²) >= 11 is 35.7. The minimum Gasteiger partial charge on any atom is -0.493 e. The van der Waals surface area contributed by atoms with Crippen LogP contribution in [0, 0.1) is 0 Å². The van der Waals surface area contributed by atoms with Crippen LogP contribution in [0.3, 0.4) is 0 Å². The van der Waals surface area contributed by atoms with Crippen molar-refractivity contribution in [1.82, 2.24) is 10.5 Å². The van der Waals surface area contributed by atoms with Crippen LogP contribution in [0.15, 0.2) is 41.1 Å². The summed E-state index contributed by atoms with van der Waals surface area (Å²) in [5, 5.41) is 5.19. The fourth-order valence-corrected chi connectivity index (χ4v) is 2.82. The van der Waals surface area contributed by atoms with E-state index in [1.807, 2.05) is 38.1 Å². The number of hydrogen-bond donors (Lipinski definition) is 1. The van der Waals surface area contributed by atoms with Crippen molar-refractivity contribution in [3.63, 3.8) is 0 Å². The van der Waals surface area contributed by atoms with Crippen LogP contribution in [0.4, 0.5) is 0 Å². The van der Waals surface area contributed by atoms with Gasteiger partial charge in [-0.05, 0) is 42.7 Å². The van der Waals surface area contributed by atoms with Crippen LogP contribution in [0.2, 0.25) is 0 Å². The van der Waals surface area contributed by atoms with Crippen molar-refractivity contribution in [2.24, 2.45) is 5.10 Å². The topological polar surface area (TPSA) is 46.1 Å². The first-order valence-electron chi connectivity index (χ1n) is 9.12. The van der Waals surface area contributed by atoms with Crippen molar-refractivity contribution >= 4 is 81.4 Å². The maximum Gasteiger partial charge on any atom is 0.301 e. The quantitative estimate of drug-likeness (QED) is 0.286. The molecule has 1 aliphatic heterocycles. The average molecular weight is 536 g/mol. The van der Waals surface area contributed by atoms with E-state index in [4.69, 9.17) is 79.1 Å². The molecule has 0 saturated heterocycles. The molecule has 1 N–H and O–H groups in total. The number of hydrazine groups is 1. The largest absolute Gasteiger partial charge is 0.493 e. The summed E-state index contributed by atoms with van der Waals surface area (Å²) in [4.78, 5) is 0. The van der Waals surface area contributed by atoms with Gasteiger partial charge in [0.05, 0.1) is 24.6 Å². The molecule has 1 aromatic carbocycles. The Morgan fingerprint density at radius 1 is 0.933 bits per heavy atom. The summed E-state index contributed by atoms with van der Waals surface area (Å²) < 4.78 is 7.84. The molecule has 0 saturated carbocycles. The highest BCUT2D eigenvalue weighted by atomic mass is 35.6. The van der Waals surface area contributed by atoms with E-state index in [2.05, 4.69) is 10.5 Å². The highest BCUT2D eigenvalue weighted by Crippen LogP contribution is 2.38. The van der Waals surface area contributed by atoms with Gasteiger partial charge in [-0.1, -0.05) is 89.5 Å². The van der Waals surface area contributed by atoms with Crippen molar-refractivity contribution in [3.8, 4) is 11.5 Å². The number of ether oxygens (including phenoxy) is 2. The molecule has 0 fully saturated rings. The molecule has 0 bridgehead atoms. The standard InChI is InChI=1S/C19H21Cl6N3O2/c1-3-7-29-15-9-13(10-16(12-15)30-8-4-2)5-6-14-11-17(18(20,21)22)27-28(26-14)19(23,24)25/h5-6,9-12,27H,3-4,7-8H2,1-2H3. The minimum absolute atomic E-state index is 0.181. The van der Waals surface area contributed by atoms with E-state index in [-0.39, 0.29) is 5.70 Å². The molecule has 0 atom stereocenters. The molecule has 1 heterocycles. The first kappa shape index (κ1) is 25.6. The monoisotopic (exact) mass is 533 g/mol. The number of rotatable bonds is 8. The first-order valence-corrected chi connectivity index (χ1v) is 11.4. The zero-order valence-electron chi connectivity index (χ0n) is 16.3. The molecule has 2 rings (SSSR count). The summed E-state index contributed by atoms with van der Waals surface area (Å²) in [5.41, 5.74) is 4.08. The van der Waals surface area contributed by atoms with Gasteiger partial charge in [0.25, 0.3) is 0 Å². The van der Waals surface area contributed by atoms with Gasteiger partial charge in [0.15, 0.2) is 0 Å². The summed E-state index contributed by atoms with van der Waals surface area (Å²) in [5.74, 6) is 1.41. The summed E-state index contributed by atoms with van der Waals surface area (Å²) in [7, 11) is 0. The van der Waals surface area contributed by atoms with Gasteiger partial charge in [-0.3, -0.25) is 5.43 Å². The number of nitrogens with zero attached hydrogens (tertiary/aromatic N) is 2. The van der Waals surface area contributed by atoms with E-state index in [0.29, 0.717) is 30.4 Å². The molecule has 166 valence electrons. The van der Waals surface area contributed by atoms with Crippen LogP contribution in [-0.2, 0) is 0 Å². The Hall–Kier alpha value is -0.690. The molecule has 0 aliphatic carbocycles. The molecule has 0 radical (unpaired) electrons. The van der Waals surface area contributed by atoms with Gasteiger partial charge in [0.2, 0.25) is 3.79 Å². The van der Waals surface area contributed by atoms with Crippen molar-refractivity contribution in [3.05, 3.63) is 41.6 Å². The van der Waals surface area contributed by atoms with E-state index in [1.165, 1.54) is 0 Å². The van der Waals surface area contributed by atoms with E-state index in [9.17, 15) is 0 Å². The Labute approximate surface area is 206 Å². The number of allylic oxidation sites excluding steroid dienone is 3. The molecular formula is C19H21Cl6N3O2. The number of benzene rings is 1. The Morgan fingerprint density at radius 3 is 1.97 bits per heavy atom. The van der Waals surface area contributed by atoms with Gasteiger partial charge in [-0.2, -0.15) is 10.2 Å².